The van der Waals surface area contributed by atoms with Gasteiger partial charge in [-0.2, -0.15) is 0 Å². The third-order valence-corrected chi connectivity index (χ3v) is 10.7. The SMILES string of the molecule is C=CON1CCC(OC(=O)C(CCCCCCCC(=O)O)C2CCN(OC=C)C(C)(C)C2(C)C)C(C)(C)C1(C)C. The van der Waals surface area contributed by atoms with E-state index in [2.05, 4.69) is 68.5 Å². The van der Waals surface area contributed by atoms with Gasteiger partial charge in [0.15, 0.2) is 0 Å². The number of carbonyl (C=O) groups excluding carboxylic acids is 1. The first-order valence-corrected chi connectivity index (χ1v) is 15.1. The summed E-state index contributed by atoms with van der Waals surface area (Å²) in [7, 11) is 0. The number of ether oxygens (including phenoxy) is 1. The Kier molecular flexibility index (Phi) is 11.7. The Bertz CT molecular complexity index is 881. The minimum atomic E-state index is -0.743. The fraction of sp³-hybridized carbons (Fsp3) is 0.812. The fourth-order valence-electron chi connectivity index (χ4n) is 6.60. The van der Waals surface area contributed by atoms with Crippen LogP contribution >= 0.6 is 0 Å². The van der Waals surface area contributed by atoms with Crippen molar-refractivity contribution in [2.75, 3.05) is 13.1 Å². The summed E-state index contributed by atoms with van der Waals surface area (Å²) in [6, 6.07) is 0. The Balaban J connectivity index is 2.24. The van der Waals surface area contributed by atoms with Crippen molar-refractivity contribution < 1.29 is 29.1 Å². The van der Waals surface area contributed by atoms with E-state index in [4.69, 9.17) is 19.5 Å². The Labute approximate surface area is 243 Å². The van der Waals surface area contributed by atoms with Gasteiger partial charge in [0.1, 0.15) is 18.6 Å². The van der Waals surface area contributed by atoms with Gasteiger partial charge in [-0.05, 0) is 58.3 Å². The number of unbranched alkanes of at least 4 members (excludes halogenated alkanes) is 4. The summed E-state index contributed by atoms with van der Waals surface area (Å²) in [6.45, 7) is 26.2. The number of carboxylic acid groups (broad SMARTS) is 1. The van der Waals surface area contributed by atoms with E-state index in [9.17, 15) is 9.59 Å². The maximum Gasteiger partial charge on any atom is 0.309 e. The van der Waals surface area contributed by atoms with Crippen molar-refractivity contribution in [2.24, 2.45) is 22.7 Å². The Morgan fingerprint density at radius 3 is 1.88 bits per heavy atom. The van der Waals surface area contributed by atoms with E-state index in [0.29, 0.717) is 25.9 Å². The quantitative estimate of drug-likeness (QED) is 0.128. The fourth-order valence-corrected chi connectivity index (χ4v) is 6.60. The van der Waals surface area contributed by atoms with Crippen LogP contribution < -0.4 is 0 Å². The molecule has 2 aliphatic heterocycles. The molecule has 2 aliphatic rings. The Hall–Kier alpha value is -2.06. The van der Waals surface area contributed by atoms with E-state index in [-0.39, 0.29) is 52.2 Å². The molecule has 2 heterocycles. The molecule has 0 aromatic heterocycles. The molecule has 230 valence electrons. The topological polar surface area (TPSA) is 88.5 Å². The van der Waals surface area contributed by atoms with Gasteiger partial charge in [0.25, 0.3) is 0 Å². The number of hydrogen-bond acceptors (Lipinski definition) is 7. The van der Waals surface area contributed by atoms with Crippen LogP contribution in [0, 0.1) is 22.7 Å². The largest absolute Gasteiger partial charge is 0.481 e. The maximum atomic E-state index is 14.2. The van der Waals surface area contributed by atoms with Gasteiger partial charge in [-0.3, -0.25) is 9.59 Å². The molecular formula is C32H56N2O6. The molecule has 0 spiro atoms. The predicted octanol–water partition coefficient (Wildman–Crippen LogP) is 7.12. The van der Waals surface area contributed by atoms with Gasteiger partial charge >= 0.3 is 11.9 Å². The van der Waals surface area contributed by atoms with Crippen molar-refractivity contribution in [1.29, 1.82) is 0 Å². The normalized spacial score (nSPS) is 26.3. The molecule has 0 saturated carbocycles. The first-order chi connectivity index (χ1) is 18.6. The van der Waals surface area contributed by atoms with Crippen LogP contribution in [-0.2, 0) is 24.0 Å². The van der Waals surface area contributed by atoms with Gasteiger partial charge in [-0.1, -0.05) is 66.5 Å². The van der Waals surface area contributed by atoms with Crippen LogP contribution in [0.2, 0.25) is 0 Å². The summed E-state index contributed by atoms with van der Waals surface area (Å²) in [5.41, 5.74) is -1.29. The molecule has 8 nitrogen and oxygen atoms in total. The van der Waals surface area contributed by atoms with Gasteiger partial charge in [0, 0.05) is 31.3 Å². The van der Waals surface area contributed by atoms with E-state index in [1.54, 1.807) is 0 Å². The molecule has 2 saturated heterocycles. The van der Waals surface area contributed by atoms with Gasteiger partial charge < -0.3 is 19.5 Å². The van der Waals surface area contributed by atoms with Crippen LogP contribution in [0.15, 0.2) is 25.7 Å². The first kappa shape index (κ1) is 34.1. The monoisotopic (exact) mass is 564 g/mol. The standard InChI is InChI=1S/C32H56N2O6/c1-11-38-33-22-20-25(29(3,4)31(33,7)8)24(18-16-14-13-15-17-19-27(35)36)28(37)40-26-21-23-34(39-12-2)32(9,10)30(26,5)6/h11-12,24-26H,1-2,13-23H2,3-10H3,(H,35,36). The van der Waals surface area contributed by atoms with Gasteiger partial charge in [-0.25, -0.2) is 0 Å². The van der Waals surface area contributed by atoms with Crippen LogP contribution in [0.1, 0.15) is 113 Å². The summed E-state index contributed by atoms with van der Waals surface area (Å²) >= 11 is 0. The number of piperidine rings is 2. The molecule has 1 N–H and O–H groups in total. The molecule has 0 aromatic carbocycles. The molecule has 2 rings (SSSR count). The van der Waals surface area contributed by atoms with Crippen molar-refractivity contribution in [2.45, 2.75) is 130 Å². The lowest BCUT2D eigenvalue weighted by atomic mass is 9.58. The van der Waals surface area contributed by atoms with Crippen LogP contribution in [-0.4, -0.2) is 57.4 Å². The van der Waals surface area contributed by atoms with E-state index in [1.165, 1.54) is 12.5 Å². The number of carboxylic acids is 1. The second-order valence-corrected chi connectivity index (χ2v) is 13.7. The van der Waals surface area contributed by atoms with Crippen LogP contribution in [0.3, 0.4) is 0 Å². The lowest BCUT2D eigenvalue weighted by Crippen LogP contribution is -2.64. The van der Waals surface area contributed by atoms with E-state index in [0.717, 1.165) is 38.5 Å². The number of nitrogens with zero attached hydrogens (tertiary/aromatic N) is 2. The highest BCUT2D eigenvalue weighted by molar-refractivity contribution is 5.73. The minimum absolute atomic E-state index is 0.107. The number of carbonyl (C=O) groups is 2. The molecule has 40 heavy (non-hydrogen) atoms. The lowest BCUT2D eigenvalue weighted by Gasteiger charge is -2.57. The Morgan fingerprint density at radius 2 is 1.32 bits per heavy atom. The third kappa shape index (κ3) is 7.22. The molecule has 0 radical (unpaired) electrons. The molecule has 0 bridgehead atoms. The summed E-state index contributed by atoms with van der Waals surface area (Å²) in [4.78, 5) is 36.5. The highest BCUT2D eigenvalue weighted by Crippen LogP contribution is 2.52. The zero-order chi connectivity index (χ0) is 30.4. The van der Waals surface area contributed by atoms with Crippen LogP contribution in [0.4, 0.5) is 0 Å². The van der Waals surface area contributed by atoms with E-state index < -0.39 is 5.97 Å². The highest BCUT2D eigenvalue weighted by Gasteiger charge is 2.56. The van der Waals surface area contributed by atoms with Crippen LogP contribution in [0.25, 0.3) is 0 Å². The second-order valence-electron chi connectivity index (χ2n) is 13.7. The highest BCUT2D eigenvalue weighted by atomic mass is 16.7. The van der Waals surface area contributed by atoms with E-state index >= 15 is 0 Å². The molecule has 8 heteroatoms. The zero-order valence-corrected chi connectivity index (χ0v) is 26.5. The smallest absolute Gasteiger partial charge is 0.309 e. The van der Waals surface area contributed by atoms with Crippen molar-refractivity contribution in [1.82, 2.24) is 10.1 Å². The maximum absolute atomic E-state index is 14.2. The Morgan fingerprint density at radius 1 is 0.825 bits per heavy atom. The van der Waals surface area contributed by atoms with Gasteiger partial charge in [0.05, 0.1) is 17.0 Å². The molecule has 3 atom stereocenters. The third-order valence-electron chi connectivity index (χ3n) is 10.7. The molecule has 0 amide bonds. The molecule has 2 fully saturated rings. The lowest BCUT2D eigenvalue weighted by molar-refractivity contribution is -0.258. The number of hydroxylamine groups is 4. The minimum Gasteiger partial charge on any atom is -0.481 e. The molecule has 3 unspecified atom stereocenters. The predicted molar refractivity (Wildman–Crippen MR) is 158 cm³/mol. The van der Waals surface area contributed by atoms with E-state index in [1.807, 2.05) is 10.1 Å². The van der Waals surface area contributed by atoms with Crippen molar-refractivity contribution in [3.05, 3.63) is 25.7 Å². The molecule has 0 aliphatic carbocycles. The summed E-state index contributed by atoms with van der Waals surface area (Å²) in [6.07, 6.45) is 9.62. The van der Waals surface area contributed by atoms with Crippen molar-refractivity contribution >= 4 is 11.9 Å². The first-order valence-electron chi connectivity index (χ1n) is 15.1. The molecular weight excluding hydrogens is 508 g/mol. The van der Waals surface area contributed by atoms with Gasteiger partial charge in [-0.15, -0.1) is 10.1 Å². The zero-order valence-electron chi connectivity index (χ0n) is 26.5. The molecule has 0 aromatic rings. The number of rotatable bonds is 15. The van der Waals surface area contributed by atoms with Crippen molar-refractivity contribution in [3.8, 4) is 0 Å². The van der Waals surface area contributed by atoms with Gasteiger partial charge in [0.2, 0.25) is 0 Å². The van der Waals surface area contributed by atoms with Crippen molar-refractivity contribution in [3.63, 3.8) is 0 Å². The second kappa shape index (κ2) is 13.7. The van der Waals surface area contributed by atoms with Crippen LogP contribution in [0.5, 0.6) is 0 Å². The summed E-state index contributed by atoms with van der Waals surface area (Å²) in [5, 5.41) is 12.8. The average molecular weight is 565 g/mol. The number of esters is 1. The average Bonchev–Trinajstić information content (AvgIpc) is 2.85. The summed E-state index contributed by atoms with van der Waals surface area (Å²) in [5.74, 6) is -0.968. The number of hydrogen-bond donors (Lipinski definition) is 1. The summed E-state index contributed by atoms with van der Waals surface area (Å²) < 4.78 is 6.47. The number of aliphatic carboxylic acids is 1.